The van der Waals surface area contributed by atoms with E-state index in [0.717, 1.165) is 12.1 Å². The van der Waals surface area contributed by atoms with Crippen molar-refractivity contribution in [2.24, 2.45) is 0 Å². The van der Waals surface area contributed by atoms with Crippen LogP contribution in [0, 0.1) is 6.92 Å². The number of carbonyl (C=O) groups excluding carboxylic acids is 2. The number of hydrogen-bond acceptors (Lipinski definition) is 5. The Balaban J connectivity index is 1.57. The van der Waals surface area contributed by atoms with E-state index >= 15 is 0 Å². The summed E-state index contributed by atoms with van der Waals surface area (Å²) in [6.07, 6.45) is -3.72. The monoisotopic (exact) mass is 459 g/mol. The molecule has 2 N–H and O–H groups in total. The van der Waals surface area contributed by atoms with Crippen molar-refractivity contribution in [1.82, 2.24) is 10.3 Å². The third-order valence-electron chi connectivity index (χ3n) is 4.51. The number of pyridine rings is 1. The van der Waals surface area contributed by atoms with Crippen LogP contribution in [0.25, 0.3) is 0 Å². The van der Waals surface area contributed by atoms with Gasteiger partial charge in [0.05, 0.1) is 5.56 Å². The lowest BCUT2D eigenvalue weighted by molar-refractivity contribution is -0.137. The summed E-state index contributed by atoms with van der Waals surface area (Å²) < 4.78 is 48.6. The number of rotatable bonds is 6. The second kappa shape index (κ2) is 10.0. The first-order valence-corrected chi connectivity index (χ1v) is 9.72. The van der Waals surface area contributed by atoms with E-state index in [4.69, 9.17) is 9.47 Å². The number of alkyl halides is 3. The lowest BCUT2D eigenvalue weighted by Gasteiger charge is -2.12. The van der Waals surface area contributed by atoms with Gasteiger partial charge in [0, 0.05) is 25.0 Å². The van der Waals surface area contributed by atoms with Crippen molar-refractivity contribution in [3.8, 4) is 11.5 Å². The van der Waals surface area contributed by atoms with Gasteiger partial charge >= 0.3 is 12.3 Å². The predicted molar refractivity (Wildman–Crippen MR) is 114 cm³/mol. The first-order chi connectivity index (χ1) is 15.7. The second-order valence-corrected chi connectivity index (χ2v) is 6.93. The van der Waals surface area contributed by atoms with Gasteiger partial charge in [-0.15, -0.1) is 0 Å². The predicted octanol–water partition coefficient (Wildman–Crippen LogP) is 5.31. The molecule has 2 amide bonds. The Labute approximate surface area is 187 Å². The first-order valence-electron chi connectivity index (χ1n) is 9.72. The average Bonchev–Trinajstić information content (AvgIpc) is 2.79. The molecule has 0 radical (unpaired) electrons. The van der Waals surface area contributed by atoms with Crippen LogP contribution >= 0.6 is 0 Å². The van der Waals surface area contributed by atoms with Crippen molar-refractivity contribution in [3.63, 3.8) is 0 Å². The maximum atomic E-state index is 12.6. The number of carbonyl (C=O) groups is 2. The largest absolute Gasteiger partial charge is 0.457 e. The van der Waals surface area contributed by atoms with E-state index in [9.17, 15) is 22.8 Å². The quantitative estimate of drug-likeness (QED) is 0.522. The van der Waals surface area contributed by atoms with Crippen LogP contribution in [-0.2, 0) is 17.5 Å². The molecule has 3 rings (SSSR count). The number of benzene rings is 2. The summed E-state index contributed by atoms with van der Waals surface area (Å²) in [5, 5.41) is 5.06. The Hall–Kier alpha value is -4.08. The molecule has 1 aromatic heterocycles. The molecular weight excluding hydrogens is 439 g/mol. The average molecular weight is 459 g/mol. The van der Waals surface area contributed by atoms with Crippen LogP contribution in [-0.4, -0.2) is 24.0 Å². The fourth-order valence-electron chi connectivity index (χ4n) is 2.79. The summed E-state index contributed by atoms with van der Waals surface area (Å²) in [7, 11) is 1.50. The van der Waals surface area contributed by atoms with Crippen molar-refractivity contribution < 1.29 is 32.2 Å². The molecule has 0 bridgehead atoms. The molecule has 0 saturated carbocycles. The van der Waals surface area contributed by atoms with Gasteiger partial charge in [0.1, 0.15) is 23.8 Å². The van der Waals surface area contributed by atoms with Gasteiger partial charge in [0.15, 0.2) is 0 Å². The van der Waals surface area contributed by atoms with Crippen LogP contribution in [0.4, 0.5) is 23.7 Å². The van der Waals surface area contributed by atoms with Crippen molar-refractivity contribution >= 4 is 17.7 Å². The highest BCUT2D eigenvalue weighted by molar-refractivity contribution is 5.92. The number of anilines is 1. The minimum atomic E-state index is -4.42. The van der Waals surface area contributed by atoms with Gasteiger partial charge in [-0.2, -0.15) is 13.2 Å². The fraction of sp³-hybridized carbons (Fsp3) is 0.174. The highest BCUT2D eigenvalue weighted by Gasteiger charge is 2.29. The number of aryl methyl sites for hydroxylation is 1. The fourth-order valence-corrected chi connectivity index (χ4v) is 2.79. The van der Waals surface area contributed by atoms with Gasteiger partial charge in [-0.05, 0) is 54.4 Å². The molecule has 0 aliphatic carbocycles. The van der Waals surface area contributed by atoms with Gasteiger partial charge < -0.3 is 14.8 Å². The second-order valence-electron chi connectivity index (χ2n) is 6.93. The Morgan fingerprint density at radius 2 is 1.70 bits per heavy atom. The number of aromatic nitrogens is 1. The van der Waals surface area contributed by atoms with E-state index in [1.54, 1.807) is 31.2 Å². The Morgan fingerprint density at radius 3 is 2.33 bits per heavy atom. The van der Waals surface area contributed by atoms with Crippen molar-refractivity contribution in [2.75, 3.05) is 12.4 Å². The van der Waals surface area contributed by atoms with Gasteiger partial charge in [0.2, 0.25) is 0 Å². The highest BCUT2D eigenvalue weighted by atomic mass is 19.4. The molecule has 0 spiro atoms. The van der Waals surface area contributed by atoms with E-state index in [1.807, 2.05) is 0 Å². The minimum absolute atomic E-state index is 0.181. The zero-order valence-corrected chi connectivity index (χ0v) is 17.7. The normalized spacial score (nSPS) is 10.9. The van der Waals surface area contributed by atoms with Crippen LogP contribution < -0.4 is 15.4 Å². The molecule has 0 atom stereocenters. The van der Waals surface area contributed by atoms with E-state index < -0.39 is 17.8 Å². The van der Waals surface area contributed by atoms with Crippen LogP contribution in [0.2, 0.25) is 0 Å². The molecule has 1 heterocycles. The summed E-state index contributed by atoms with van der Waals surface area (Å²) in [5.74, 6) is 0.552. The van der Waals surface area contributed by atoms with E-state index in [0.29, 0.717) is 28.3 Å². The van der Waals surface area contributed by atoms with Gasteiger partial charge in [-0.3, -0.25) is 15.1 Å². The first kappa shape index (κ1) is 23.6. The third-order valence-corrected chi connectivity index (χ3v) is 4.51. The topological polar surface area (TPSA) is 89.6 Å². The van der Waals surface area contributed by atoms with E-state index in [2.05, 4.69) is 15.6 Å². The Kier molecular flexibility index (Phi) is 7.17. The molecule has 0 aliphatic heterocycles. The highest BCUT2D eigenvalue weighted by Crippen LogP contribution is 2.29. The SMILES string of the molecule is CNC(=O)c1cc(Oc2ccc(NC(=O)OCc3ccc(C(F)(F)F)cc3)c(C)c2)ccn1. The zero-order chi connectivity index (χ0) is 24.0. The number of ether oxygens (including phenoxy) is 2. The van der Waals surface area contributed by atoms with Crippen LogP contribution in [0.5, 0.6) is 11.5 Å². The maximum absolute atomic E-state index is 12.6. The lowest BCUT2D eigenvalue weighted by atomic mass is 10.1. The molecule has 3 aromatic rings. The molecule has 0 fully saturated rings. The zero-order valence-electron chi connectivity index (χ0n) is 17.7. The smallest absolute Gasteiger partial charge is 0.416 e. The molecule has 0 unspecified atom stereocenters. The summed E-state index contributed by atoms with van der Waals surface area (Å²) in [6.45, 7) is 1.57. The summed E-state index contributed by atoms with van der Waals surface area (Å²) in [4.78, 5) is 27.7. The van der Waals surface area contributed by atoms with Crippen LogP contribution in [0.3, 0.4) is 0 Å². The number of halogens is 3. The molecule has 33 heavy (non-hydrogen) atoms. The molecule has 10 heteroatoms. The molecule has 0 saturated heterocycles. The van der Waals surface area contributed by atoms with Crippen molar-refractivity contribution in [3.05, 3.63) is 83.2 Å². The van der Waals surface area contributed by atoms with Crippen molar-refractivity contribution in [2.45, 2.75) is 19.7 Å². The van der Waals surface area contributed by atoms with Crippen LogP contribution in [0.1, 0.15) is 27.2 Å². The molecule has 7 nitrogen and oxygen atoms in total. The third kappa shape index (κ3) is 6.45. The van der Waals surface area contributed by atoms with Crippen molar-refractivity contribution in [1.29, 1.82) is 0 Å². The van der Waals surface area contributed by atoms with Gasteiger partial charge in [-0.25, -0.2) is 4.79 Å². The summed E-state index contributed by atoms with van der Waals surface area (Å²) in [5.41, 5.74) is 1.01. The number of amides is 2. The van der Waals surface area contributed by atoms with Crippen LogP contribution in [0.15, 0.2) is 60.8 Å². The molecule has 2 aromatic carbocycles. The van der Waals surface area contributed by atoms with Gasteiger partial charge in [-0.1, -0.05) is 12.1 Å². The summed E-state index contributed by atoms with van der Waals surface area (Å²) >= 11 is 0. The standard InChI is InChI=1S/C23H20F3N3O4/c1-14-11-17(33-18-9-10-28-20(12-18)21(30)27-2)7-8-19(14)29-22(31)32-13-15-3-5-16(6-4-15)23(24,25)26/h3-12H,13H2,1-2H3,(H,27,30)(H,29,31). The van der Waals surface area contributed by atoms with E-state index in [1.165, 1.54) is 31.4 Å². The maximum Gasteiger partial charge on any atom is 0.416 e. The lowest BCUT2D eigenvalue weighted by Crippen LogP contribution is -2.18. The number of nitrogens with zero attached hydrogens (tertiary/aromatic N) is 1. The molecule has 0 aliphatic rings. The Morgan fingerprint density at radius 1 is 1.00 bits per heavy atom. The number of nitrogens with one attached hydrogen (secondary N) is 2. The minimum Gasteiger partial charge on any atom is -0.457 e. The summed E-state index contributed by atoms with van der Waals surface area (Å²) in [6, 6.07) is 12.4. The Bertz CT molecular complexity index is 1150. The van der Waals surface area contributed by atoms with Gasteiger partial charge in [0.25, 0.3) is 5.91 Å². The van der Waals surface area contributed by atoms with E-state index in [-0.39, 0.29) is 18.2 Å². The number of hydrogen-bond donors (Lipinski definition) is 2. The molecule has 172 valence electrons. The molecular formula is C23H20F3N3O4.